The smallest absolute Gasteiger partial charge is 0.174 e. The number of nitrogens with one attached hydrogen (secondary N) is 1. The SMILES string of the molecule is CCCC(=O)[C@@H]1Oc2c(O)ccc3c2[C@@]12CCN[C@H](C3)[C@H]2O. The summed E-state index contributed by atoms with van der Waals surface area (Å²) in [6.45, 7) is 2.71. The van der Waals surface area contributed by atoms with Crippen molar-refractivity contribution in [1.29, 1.82) is 0 Å². The Balaban J connectivity index is 1.92. The fourth-order valence-electron chi connectivity index (χ4n) is 4.56. The number of phenols is 1. The highest BCUT2D eigenvalue weighted by atomic mass is 16.5. The van der Waals surface area contributed by atoms with Crippen LogP contribution in [0.1, 0.15) is 37.3 Å². The Kier molecular flexibility index (Phi) is 3.00. The Labute approximate surface area is 129 Å². The van der Waals surface area contributed by atoms with Crippen LogP contribution >= 0.6 is 0 Å². The van der Waals surface area contributed by atoms with Gasteiger partial charge in [0.2, 0.25) is 0 Å². The summed E-state index contributed by atoms with van der Waals surface area (Å²) in [5.74, 6) is 0.492. The molecule has 2 aliphatic heterocycles. The van der Waals surface area contributed by atoms with E-state index < -0.39 is 17.6 Å². The highest BCUT2D eigenvalue weighted by Gasteiger charge is 2.62. The molecule has 1 fully saturated rings. The molecule has 4 rings (SSSR count). The van der Waals surface area contributed by atoms with Crippen LogP contribution in [-0.2, 0) is 16.6 Å². The van der Waals surface area contributed by atoms with E-state index in [2.05, 4.69) is 5.32 Å². The Morgan fingerprint density at radius 1 is 1.50 bits per heavy atom. The molecule has 1 aromatic carbocycles. The number of ketones is 1. The molecule has 1 aromatic rings. The van der Waals surface area contributed by atoms with Crippen molar-refractivity contribution in [3.05, 3.63) is 23.3 Å². The number of aromatic hydroxyl groups is 1. The van der Waals surface area contributed by atoms with E-state index in [4.69, 9.17) is 4.74 Å². The molecule has 4 atom stereocenters. The predicted octanol–water partition coefficient (Wildman–Crippen LogP) is 1.04. The normalized spacial score (nSPS) is 34.9. The minimum Gasteiger partial charge on any atom is -0.504 e. The fourth-order valence-corrected chi connectivity index (χ4v) is 4.56. The van der Waals surface area contributed by atoms with Crippen LogP contribution in [0.4, 0.5) is 0 Å². The largest absolute Gasteiger partial charge is 0.504 e. The van der Waals surface area contributed by atoms with E-state index in [-0.39, 0.29) is 17.6 Å². The minimum absolute atomic E-state index is 0.0191. The number of carbonyl (C=O) groups excluding carboxylic acids is 1. The first-order valence-corrected chi connectivity index (χ1v) is 8.05. The monoisotopic (exact) mass is 303 g/mol. The summed E-state index contributed by atoms with van der Waals surface area (Å²) in [6, 6.07) is 3.46. The van der Waals surface area contributed by atoms with Crippen LogP contribution in [0.15, 0.2) is 12.1 Å². The second-order valence-corrected chi connectivity index (χ2v) is 6.66. The molecule has 0 saturated carbocycles. The quantitative estimate of drug-likeness (QED) is 0.777. The highest BCUT2D eigenvalue weighted by Crippen LogP contribution is 2.57. The zero-order chi connectivity index (χ0) is 15.5. The number of Topliss-reactive ketones (excluding diaryl/α,β-unsaturated/α-hetero) is 1. The van der Waals surface area contributed by atoms with Gasteiger partial charge in [0.15, 0.2) is 23.4 Å². The van der Waals surface area contributed by atoms with Gasteiger partial charge in [-0.1, -0.05) is 13.0 Å². The lowest BCUT2D eigenvalue weighted by molar-refractivity contribution is -0.133. The van der Waals surface area contributed by atoms with E-state index in [1.165, 1.54) is 0 Å². The molecule has 5 heteroatoms. The van der Waals surface area contributed by atoms with Gasteiger partial charge in [0.05, 0.1) is 11.5 Å². The first-order valence-electron chi connectivity index (χ1n) is 8.05. The van der Waals surface area contributed by atoms with Crippen LogP contribution in [0.2, 0.25) is 0 Å². The van der Waals surface area contributed by atoms with Gasteiger partial charge in [-0.15, -0.1) is 0 Å². The van der Waals surface area contributed by atoms with Crippen molar-refractivity contribution in [3.8, 4) is 11.5 Å². The molecule has 1 spiro atoms. The van der Waals surface area contributed by atoms with Crippen LogP contribution < -0.4 is 10.1 Å². The van der Waals surface area contributed by atoms with E-state index >= 15 is 0 Å². The lowest BCUT2D eigenvalue weighted by atomic mass is 9.60. The number of ether oxygens (including phenoxy) is 1. The number of piperidine rings is 1. The number of phenolic OH excluding ortho intramolecular Hbond substituents is 1. The van der Waals surface area contributed by atoms with Gasteiger partial charge >= 0.3 is 0 Å². The molecule has 5 nitrogen and oxygen atoms in total. The summed E-state index contributed by atoms with van der Waals surface area (Å²) >= 11 is 0. The van der Waals surface area contributed by atoms with Crippen molar-refractivity contribution in [2.45, 2.75) is 56.3 Å². The summed E-state index contributed by atoms with van der Waals surface area (Å²) in [4.78, 5) is 12.6. The van der Waals surface area contributed by atoms with Gasteiger partial charge in [-0.05, 0) is 37.4 Å². The van der Waals surface area contributed by atoms with Gasteiger partial charge in [-0.25, -0.2) is 0 Å². The lowest BCUT2D eigenvalue weighted by Gasteiger charge is -2.49. The molecular weight excluding hydrogens is 282 g/mol. The molecule has 0 radical (unpaired) electrons. The minimum atomic E-state index is -0.705. The Morgan fingerprint density at radius 2 is 2.32 bits per heavy atom. The topological polar surface area (TPSA) is 78.8 Å². The summed E-state index contributed by atoms with van der Waals surface area (Å²) < 4.78 is 5.94. The molecule has 0 aromatic heterocycles. The number of rotatable bonds is 3. The van der Waals surface area contributed by atoms with E-state index in [0.717, 1.165) is 24.1 Å². The summed E-state index contributed by atoms with van der Waals surface area (Å²) in [7, 11) is 0. The van der Waals surface area contributed by atoms with Gasteiger partial charge in [-0.2, -0.15) is 0 Å². The van der Waals surface area contributed by atoms with Crippen LogP contribution in [0.3, 0.4) is 0 Å². The molecule has 2 heterocycles. The van der Waals surface area contributed by atoms with Crippen LogP contribution in [0.25, 0.3) is 0 Å². The second-order valence-electron chi connectivity index (χ2n) is 6.66. The van der Waals surface area contributed by atoms with Gasteiger partial charge < -0.3 is 20.3 Å². The summed E-state index contributed by atoms with van der Waals surface area (Å²) in [5, 5.41) is 24.4. The second kappa shape index (κ2) is 4.70. The number of hydrogen-bond donors (Lipinski definition) is 3. The lowest BCUT2D eigenvalue weighted by Crippen LogP contribution is -2.66. The zero-order valence-corrected chi connectivity index (χ0v) is 12.6. The molecule has 3 N–H and O–H groups in total. The molecule has 3 aliphatic rings. The third-order valence-electron chi connectivity index (χ3n) is 5.47. The first kappa shape index (κ1) is 14.0. The summed E-state index contributed by atoms with van der Waals surface area (Å²) in [5.41, 5.74) is 1.23. The fraction of sp³-hybridized carbons (Fsp3) is 0.588. The number of aliphatic hydroxyl groups excluding tert-OH is 1. The number of fused-ring (bicyclic) bond motifs is 1. The third-order valence-corrected chi connectivity index (χ3v) is 5.47. The maximum atomic E-state index is 12.6. The first-order chi connectivity index (χ1) is 10.6. The van der Waals surface area contributed by atoms with Crippen molar-refractivity contribution in [2.24, 2.45) is 0 Å². The average molecular weight is 303 g/mol. The predicted molar refractivity (Wildman–Crippen MR) is 80.2 cm³/mol. The maximum absolute atomic E-state index is 12.6. The zero-order valence-electron chi connectivity index (χ0n) is 12.6. The van der Waals surface area contributed by atoms with Crippen molar-refractivity contribution < 1.29 is 19.7 Å². The van der Waals surface area contributed by atoms with Crippen molar-refractivity contribution in [1.82, 2.24) is 5.32 Å². The molecule has 0 unspecified atom stereocenters. The Morgan fingerprint density at radius 3 is 3.09 bits per heavy atom. The molecule has 1 saturated heterocycles. The molecule has 0 amide bonds. The van der Waals surface area contributed by atoms with E-state index in [9.17, 15) is 15.0 Å². The van der Waals surface area contributed by atoms with Crippen molar-refractivity contribution >= 4 is 5.78 Å². The number of benzene rings is 1. The van der Waals surface area contributed by atoms with E-state index in [0.29, 0.717) is 25.0 Å². The van der Waals surface area contributed by atoms with Gasteiger partial charge in [0.1, 0.15) is 0 Å². The number of carbonyl (C=O) groups is 1. The molecular formula is C17H21NO4. The highest BCUT2D eigenvalue weighted by molar-refractivity contribution is 5.88. The molecule has 1 aliphatic carbocycles. The average Bonchev–Trinajstić information content (AvgIpc) is 2.82. The molecule has 22 heavy (non-hydrogen) atoms. The van der Waals surface area contributed by atoms with Gasteiger partial charge in [0.25, 0.3) is 0 Å². The third kappa shape index (κ3) is 1.58. The van der Waals surface area contributed by atoms with E-state index in [1.54, 1.807) is 6.07 Å². The van der Waals surface area contributed by atoms with Gasteiger partial charge in [0, 0.05) is 18.0 Å². The van der Waals surface area contributed by atoms with Crippen LogP contribution in [0, 0.1) is 0 Å². The Bertz CT molecular complexity index is 644. The standard InChI is InChI=1S/C17H21NO4/c1-2-3-12(20)16-17-6-7-18-10(15(17)21)8-9-4-5-11(19)14(22-16)13(9)17/h4-5,10,15-16,18-19,21H,2-3,6-8H2,1H3/t10-,15-,16+,17-/m1/s1. The maximum Gasteiger partial charge on any atom is 0.174 e. The summed E-state index contributed by atoms with van der Waals surface area (Å²) in [6.07, 6.45) is 1.18. The van der Waals surface area contributed by atoms with E-state index in [1.807, 2.05) is 13.0 Å². The molecule has 118 valence electrons. The number of hydrogen-bond acceptors (Lipinski definition) is 5. The Hall–Kier alpha value is -1.59. The van der Waals surface area contributed by atoms with Crippen LogP contribution in [0.5, 0.6) is 11.5 Å². The van der Waals surface area contributed by atoms with Crippen molar-refractivity contribution in [3.63, 3.8) is 0 Å². The van der Waals surface area contributed by atoms with Crippen LogP contribution in [-0.4, -0.2) is 40.8 Å². The molecule has 2 bridgehead atoms. The van der Waals surface area contributed by atoms with Gasteiger partial charge in [-0.3, -0.25) is 4.79 Å². The van der Waals surface area contributed by atoms with Crippen molar-refractivity contribution in [2.75, 3.05) is 6.54 Å². The number of aliphatic hydroxyl groups is 1.